The molecule has 0 aromatic heterocycles. The SMILES string of the molecule is C=CCCC(=O)N(C)[C@@H](C)[C@@H](OC(=O)[C@@H]1[C@@H]2CC[C@]3(O2)[C@H](C(=O)N(CC=C)Cc2ccccc2)N([C@@H](CO)CC(C)C)C(=O)[C@@H]13)c1ccccc1. The van der Waals surface area contributed by atoms with Crippen molar-refractivity contribution in [3.05, 3.63) is 97.1 Å². The molecular formula is C41H53N3O7. The molecule has 10 heteroatoms. The van der Waals surface area contributed by atoms with Gasteiger partial charge in [0.1, 0.15) is 17.7 Å². The zero-order valence-electron chi connectivity index (χ0n) is 30.4. The number of rotatable bonds is 17. The van der Waals surface area contributed by atoms with Gasteiger partial charge >= 0.3 is 5.97 Å². The molecule has 10 nitrogen and oxygen atoms in total. The van der Waals surface area contributed by atoms with Crippen molar-refractivity contribution in [3.63, 3.8) is 0 Å². The fourth-order valence-corrected chi connectivity index (χ4v) is 8.34. The summed E-state index contributed by atoms with van der Waals surface area (Å²) in [5.41, 5.74) is 0.366. The largest absolute Gasteiger partial charge is 0.455 e. The summed E-state index contributed by atoms with van der Waals surface area (Å²) in [4.78, 5) is 61.9. The summed E-state index contributed by atoms with van der Waals surface area (Å²) in [6.07, 6.45) is 4.06. The summed E-state index contributed by atoms with van der Waals surface area (Å²) in [6, 6.07) is 16.7. The van der Waals surface area contributed by atoms with Gasteiger partial charge in [-0.3, -0.25) is 19.2 Å². The van der Waals surface area contributed by atoms with E-state index >= 15 is 0 Å². The van der Waals surface area contributed by atoms with Crippen LogP contribution < -0.4 is 0 Å². The topological polar surface area (TPSA) is 117 Å². The molecule has 3 saturated heterocycles. The number of ether oxygens (including phenoxy) is 2. The molecule has 8 atom stereocenters. The Labute approximate surface area is 302 Å². The molecule has 2 aromatic carbocycles. The molecule has 51 heavy (non-hydrogen) atoms. The number of fused-ring (bicyclic) bond motifs is 1. The average molecular weight is 700 g/mol. The number of benzene rings is 2. The van der Waals surface area contributed by atoms with Crippen LogP contribution in [0.15, 0.2) is 86.0 Å². The number of hydrogen-bond donors (Lipinski definition) is 1. The monoisotopic (exact) mass is 699 g/mol. The van der Waals surface area contributed by atoms with Gasteiger partial charge in [0.25, 0.3) is 0 Å². The van der Waals surface area contributed by atoms with Crippen LogP contribution >= 0.6 is 0 Å². The molecule has 0 unspecified atom stereocenters. The number of nitrogens with zero attached hydrogens (tertiary/aromatic N) is 3. The van der Waals surface area contributed by atoms with Gasteiger partial charge in [-0.15, -0.1) is 13.2 Å². The highest BCUT2D eigenvalue weighted by atomic mass is 16.6. The maximum atomic E-state index is 14.8. The Morgan fingerprint density at radius 1 is 1.06 bits per heavy atom. The lowest BCUT2D eigenvalue weighted by Gasteiger charge is -2.39. The molecule has 2 aromatic rings. The Balaban J connectivity index is 1.51. The average Bonchev–Trinajstić information content (AvgIpc) is 3.78. The van der Waals surface area contributed by atoms with Crippen molar-refractivity contribution in [1.29, 1.82) is 0 Å². The number of allylic oxidation sites excluding steroid dienone is 1. The van der Waals surface area contributed by atoms with E-state index in [0.29, 0.717) is 37.8 Å². The molecule has 274 valence electrons. The summed E-state index contributed by atoms with van der Waals surface area (Å²) in [7, 11) is 1.69. The molecule has 3 heterocycles. The van der Waals surface area contributed by atoms with Crippen molar-refractivity contribution >= 4 is 23.7 Å². The Bertz CT molecular complexity index is 1570. The van der Waals surface area contributed by atoms with Crippen LogP contribution in [0.25, 0.3) is 0 Å². The molecule has 1 spiro atoms. The van der Waals surface area contributed by atoms with Crippen LogP contribution in [-0.2, 0) is 35.2 Å². The van der Waals surface area contributed by atoms with Crippen molar-refractivity contribution in [2.75, 3.05) is 20.2 Å². The number of aliphatic hydroxyl groups is 1. The van der Waals surface area contributed by atoms with Crippen LogP contribution in [0.1, 0.15) is 70.1 Å². The van der Waals surface area contributed by atoms with E-state index in [1.807, 2.05) is 81.4 Å². The first kappa shape index (κ1) is 38.0. The van der Waals surface area contributed by atoms with Crippen LogP contribution in [0.4, 0.5) is 0 Å². The van der Waals surface area contributed by atoms with E-state index in [1.54, 1.807) is 29.0 Å². The van der Waals surface area contributed by atoms with E-state index in [-0.39, 0.29) is 43.2 Å². The molecule has 5 rings (SSSR count). The predicted molar refractivity (Wildman–Crippen MR) is 194 cm³/mol. The Morgan fingerprint density at radius 2 is 1.73 bits per heavy atom. The predicted octanol–water partition coefficient (Wildman–Crippen LogP) is 5.08. The number of aliphatic hydroxyl groups excluding tert-OH is 1. The molecule has 1 N–H and O–H groups in total. The van der Waals surface area contributed by atoms with Crippen molar-refractivity contribution in [2.24, 2.45) is 17.8 Å². The molecule has 0 aliphatic carbocycles. The summed E-state index contributed by atoms with van der Waals surface area (Å²) in [6.45, 7) is 13.7. The highest BCUT2D eigenvalue weighted by molar-refractivity contribution is 5.98. The van der Waals surface area contributed by atoms with Gasteiger partial charge < -0.3 is 29.3 Å². The first-order valence-electron chi connectivity index (χ1n) is 18.1. The lowest BCUT2D eigenvalue weighted by molar-refractivity contribution is -0.165. The molecule has 3 amide bonds. The Hall–Kier alpha value is -4.28. The number of hydrogen-bond acceptors (Lipinski definition) is 7. The summed E-state index contributed by atoms with van der Waals surface area (Å²) in [5, 5.41) is 10.7. The zero-order valence-corrected chi connectivity index (χ0v) is 30.4. The highest BCUT2D eigenvalue weighted by Crippen LogP contribution is 2.59. The van der Waals surface area contributed by atoms with E-state index in [2.05, 4.69) is 13.2 Å². The van der Waals surface area contributed by atoms with E-state index in [4.69, 9.17) is 9.47 Å². The van der Waals surface area contributed by atoms with E-state index in [0.717, 1.165) is 5.56 Å². The third-order valence-electron chi connectivity index (χ3n) is 10.8. The van der Waals surface area contributed by atoms with E-state index in [1.165, 1.54) is 4.90 Å². The first-order valence-corrected chi connectivity index (χ1v) is 18.1. The lowest BCUT2D eigenvalue weighted by atomic mass is 9.70. The number of carbonyl (C=O) groups excluding carboxylic acids is 4. The smallest absolute Gasteiger partial charge is 0.313 e. The minimum Gasteiger partial charge on any atom is -0.455 e. The Morgan fingerprint density at radius 3 is 2.33 bits per heavy atom. The van der Waals surface area contributed by atoms with Crippen LogP contribution in [0.5, 0.6) is 0 Å². The second-order valence-corrected chi connectivity index (χ2v) is 14.6. The number of carbonyl (C=O) groups is 4. The Kier molecular flexibility index (Phi) is 12.2. The quantitative estimate of drug-likeness (QED) is 0.181. The summed E-state index contributed by atoms with van der Waals surface area (Å²) < 4.78 is 13.1. The summed E-state index contributed by atoms with van der Waals surface area (Å²) >= 11 is 0. The normalized spacial score (nSPS) is 25.2. The number of esters is 1. The lowest BCUT2D eigenvalue weighted by Crippen LogP contribution is -2.58. The zero-order chi connectivity index (χ0) is 36.9. The second kappa shape index (κ2) is 16.4. The van der Waals surface area contributed by atoms with Crippen LogP contribution in [0.3, 0.4) is 0 Å². The summed E-state index contributed by atoms with van der Waals surface area (Å²) in [5.74, 6) is -3.21. The maximum absolute atomic E-state index is 14.8. The molecule has 3 fully saturated rings. The van der Waals surface area contributed by atoms with Gasteiger partial charge in [-0.25, -0.2) is 0 Å². The number of likely N-dealkylation sites (tertiary alicyclic amines) is 1. The van der Waals surface area contributed by atoms with Gasteiger partial charge in [0, 0.05) is 26.6 Å². The van der Waals surface area contributed by atoms with Crippen LogP contribution in [0.2, 0.25) is 0 Å². The maximum Gasteiger partial charge on any atom is 0.313 e. The first-order chi connectivity index (χ1) is 24.5. The van der Waals surface area contributed by atoms with Crippen molar-refractivity contribution in [2.45, 2.75) is 95.4 Å². The van der Waals surface area contributed by atoms with Crippen molar-refractivity contribution < 1.29 is 33.8 Å². The number of amides is 3. The fourth-order valence-electron chi connectivity index (χ4n) is 8.34. The van der Waals surface area contributed by atoms with Gasteiger partial charge in [0.2, 0.25) is 17.7 Å². The van der Waals surface area contributed by atoms with Crippen LogP contribution in [0, 0.1) is 17.8 Å². The number of likely N-dealkylation sites (N-methyl/N-ethyl adjacent to an activating group) is 1. The van der Waals surface area contributed by atoms with E-state index in [9.17, 15) is 24.3 Å². The molecule has 0 radical (unpaired) electrons. The van der Waals surface area contributed by atoms with Gasteiger partial charge in [-0.05, 0) is 49.7 Å². The fraction of sp³-hybridized carbons (Fsp3) is 0.512. The third kappa shape index (κ3) is 7.53. The molecular weight excluding hydrogens is 646 g/mol. The molecule has 0 saturated carbocycles. The van der Waals surface area contributed by atoms with Gasteiger partial charge in [-0.1, -0.05) is 86.7 Å². The minimum absolute atomic E-state index is 0.107. The standard InChI is InChI=1S/C41H53N3O7/c1-7-9-20-33(46)42(6)28(5)36(30-18-14-11-15-19-30)50-40(49)34-32-21-22-41(51-32)35(34)38(47)44(31(26-45)24-27(3)4)37(41)39(48)43(23-8-2)25-29-16-12-10-13-17-29/h7-8,10-19,27-28,31-32,34-37,45H,1-2,9,20-26H2,3-6H3/t28-,31+,32-,34+,35+,36+,37-,41+/m0/s1. The second-order valence-electron chi connectivity index (χ2n) is 14.6. The van der Waals surface area contributed by atoms with Crippen molar-refractivity contribution in [3.8, 4) is 0 Å². The molecule has 2 bridgehead atoms. The molecule has 3 aliphatic rings. The van der Waals surface area contributed by atoms with Crippen molar-refractivity contribution in [1.82, 2.24) is 14.7 Å². The van der Waals surface area contributed by atoms with Crippen LogP contribution in [-0.4, -0.2) is 93.5 Å². The highest BCUT2D eigenvalue weighted by Gasteiger charge is 2.75. The van der Waals surface area contributed by atoms with Gasteiger partial charge in [0.05, 0.1) is 36.6 Å². The molecule has 3 aliphatic heterocycles. The third-order valence-corrected chi connectivity index (χ3v) is 10.8. The van der Waals surface area contributed by atoms with E-state index < -0.39 is 53.7 Å². The van der Waals surface area contributed by atoms with Gasteiger partial charge in [-0.2, -0.15) is 0 Å². The van der Waals surface area contributed by atoms with Gasteiger partial charge in [0.15, 0.2) is 0 Å². The minimum atomic E-state index is -1.27.